The summed E-state index contributed by atoms with van der Waals surface area (Å²) in [6, 6.07) is -0.572. The van der Waals surface area contributed by atoms with Crippen molar-refractivity contribution in [3.8, 4) is 0 Å². The number of aliphatic hydroxyl groups excluding tert-OH is 1. The molecule has 0 bridgehead atoms. The summed E-state index contributed by atoms with van der Waals surface area (Å²) >= 11 is 0. The van der Waals surface area contributed by atoms with Crippen molar-refractivity contribution in [1.29, 1.82) is 0 Å². The Balaban J connectivity index is 1.73. The van der Waals surface area contributed by atoms with Gasteiger partial charge in [0.1, 0.15) is 12.1 Å². The number of rotatable bonds is 7. The second kappa shape index (κ2) is 9.77. The minimum absolute atomic E-state index is 0.334. The molecule has 178 valence electrons. The summed E-state index contributed by atoms with van der Waals surface area (Å²) < 4.78 is 0. The van der Waals surface area contributed by atoms with Gasteiger partial charge in [-0.2, -0.15) is 4.91 Å². The maximum Gasteiger partial charge on any atom is 0.119 e. The number of aliphatic hydroxyl groups is 2. The normalized spacial score (nSPS) is 37.1. The topological polar surface area (TPSA) is 69.9 Å². The van der Waals surface area contributed by atoms with E-state index in [1.807, 2.05) is 13.8 Å². The van der Waals surface area contributed by atoms with Crippen LogP contribution in [0.3, 0.4) is 0 Å². The molecule has 3 fully saturated rings. The largest absolute Gasteiger partial charge is 0.390 e. The van der Waals surface area contributed by atoms with Crippen molar-refractivity contribution in [2.45, 2.75) is 103 Å². The van der Waals surface area contributed by atoms with Gasteiger partial charge in [-0.25, -0.2) is 0 Å². The minimum atomic E-state index is -0.881. The monoisotopic (exact) mass is 441 g/mol. The van der Waals surface area contributed by atoms with Crippen molar-refractivity contribution >= 4 is 0 Å². The standard InChI is InChI=1S/C28H43NO3/c1-18(9-7-15-27(4,5)31)23-13-14-24-21(10-8-16-28(23,24)6)11-12-22-17-25(29-32)20(3)26(30)19(22)2/h11-12,18,23-26,30-31H,2-3,7-10,13-17H2,1,4-6H3/b21-11+,22-12+/t18-,23?,24?,25+,26+,28+/m0/s1. The average molecular weight is 442 g/mol. The molecule has 3 rings (SSSR count). The van der Waals surface area contributed by atoms with E-state index in [4.69, 9.17) is 0 Å². The van der Waals surface area contributed by atoms with Gasteiger partial charge in [0.05, 0.1) is 5.60 Å². The lowest BCUT2D eigenvalue weighted by Gasteiger charge is -2.44. The Morgan fingerprint density at radius 1 is 1.28 bits per heavy atom. The molecule has 3 saturated carbocycles. The Morgan fingerprint density at radius 3 is 2.66 bits per heavy atom. The quantitative estimate of drug-likeness (QED) is 0.343. The molecule has 3 aliphatic carbocycles. The molecule has 4 nitrogen and oxygen atoms in total. The fourth-order valence-electron chi connectivity index (χ4n) is 6.81. The Morgan fingerprint density at radius 2 is 2.00 bits per heavy atom. The summed E-state index contributed by atoms with van der Waals surface area (Å²) in [5.74, 6) is 2.00. The van der Waals surface area contributed by atoms with Crippen LogP contribution < -0.4 is 0 Å². The second-order valence-corrected chi connectivity index (χ2v) is 11.5. The van der Waals surface area contributed by atoms with E-state index >= 15 is 0 Å². The first kappa shape index (κ1) is 25.1. The first-order valence-electron chi connectivity index (χ1n) is 12.5. The zero-order valence-electron chi connectivity index (χ0n) is 20.6. The smallest absolute Gasteiger partial charge is 0.119 e. The van der Waals surface area contributed by atoms with Crippen molar-refractivity contribution in [3.63, 3.8) is 0 Å². The van der Waals surface area contributed by atoms with Crippen LogP contribution in [0, 0.1) is 28.1 Å². The molecule has 0 amide bonds. The summed E-state index contributed by atoms with van der Waals surface area (Å²) in [6.45, 7) is 16.6. The molecule has 0 aliphatic heterocycles. The van der Waals surface area contributed by atoms with Gasteiger partial charge >= 0.3 is 0 Å². The van der Waals surface area contributed by atoms with E-state index in [1.165, 1.54) is 37.7 Å². The number of nitroso groups, excluding NO2 is 1. The van der Waals surface area contributed by atoms with Crippen molar-refractivity contribution in [3.05, 3.63) is 52.5 Å². The van der Waals surface area contributed by atoms with Gasteiger partial charge in [0.15, 0.2) is 0 Å². The summed E-state index contributed by atoms with van der Waals surface area (Å²) in [6.07, 6.45) is 13.2. The fourth-order valence-corrected chi connectivity index (χ4v) is 6.81. The van der Waals surface area contributed by atoms with Crippen molar-refractivity contribution < 1.29 is 10.2 Å². The lowest BCUT2D eigenvalue weighted by molar-refractivity contribution is 0.0596. The van der Waals surface area contributed by atoms with Crippen molar-refractivity contribution in [1.82, 2.24) is 0 Å². The molecular formula is C28H43NO3. The van der Waals surface area contributed by atoms with Gasteiger partial charge in [-0.1, -0.05) is 62.7 Å². The van der Waals surface area contributed by atoms with Crippen LogP contribution in [0.5, 0.6) is 0 Å². The van der Waals surface area contributed by atoms with Gasteiger partial charge < -0.3 is 10.2 Å². The molecule has 6 atom stereocenters. The number of fused-ring (bicyclic) bond motifs is 1. The molecule has 0 aromatic rings. The highest BCUT2D eigenvalue weighted by Crippen LogP contribution is 2.60. The highest BCUT2D eigenvalue weighted by molar-refractivity contribution is 5.46. The second-order valence-electron chi connectivity index (χ2n) is 11.5. The number of hydrogen-bond acceptors (Lipinski definition) is 4. The maximum atomic E-state index is 11.2. The average Bonchev–Trinajstić information content (AvgIpc) is 3.08. The summed E-state index contributed by atoms with van der Waals surface area (Å²) in [5, 5.41) is 23.6. The first-order valence-corrected chi connectivity index (χ1v) is 12.5. The third-order valence-corrected chi connectivity index (χ3v) is 8.73. The summed E-state index contributed by atoms with van der Waals surface area (Å²) in [5.41, 5.74) is 3.30. The first-order chi connectivity index (χ1) is 15.0. The van der Waals surface area contributed by atoms with Crippen molar-refractivity contribution in [2.75, 3.05) is 0 Å². The Bertz CT molecular complexity index is 798. The fraction of sp³-hybridized carbons (Fsp3) is 0.714. The lowest BCUT2D eigenvalue weighted by atomic mass is 9.60. The third kappa shape index (κ3) is 5.17. The molecule has 0 saturated heterocycles. The SMILES string of the molecule is C=C1/C(=C/C=C2\CCC[C@@]3(C)C2CCC3[C@@H](C)CCCC(C)(C)O)C[C@@H](N=O)C(=C)[C@@H]1O. The number of nitrogens with zero attached hydrogens (tertiary/aromatic N) is 1. The van der Waals surface area contributed by atoms with Crippen LogP contribution in [0.1, 0.15) is 85.5 Å². The predicted molar refractivity (Wildman–Crippen MR) is 132 cm³/mol. The third-order valence-electron chi connectivity index (χ3n) is 8.73. The van der Waals surface area contributed by atoms with Crippen molar-refractivity contribution in [2.24, 2.45) is 28.3 Å². The van der Waals surface area contributed by atoms with Crippen LogP contribution in [-0.4, -0.2) is 28.0 Å². The van der Waals surface area contributed by atoms with E-state index in [9.17, 15) is 15.1 Å². The Hall–Kier alpha value is -1.52. The van der Waals surface area contributed by atoms with Gasteiger partial charge in [-0.05, 0) is 92.3 Å². The van der Waals surface area contributed by atoms with Gasteiger partial charge in [-0.15, -0.1) is 0 Å². The molecule has 2 N–H and O–H groups in total. The van der Waals surface area contributed by atoms with Gasteiger partial charge in [0.25, 0.3) is 0 Å². The number of allylic oxidation sites excluding steroid dienone is 3. The van der Waals surface area contributed by atoms with Crippen LogP contribution >= 0.6 is 0 Å². The van der Waals surface area contributed by atoms with E-state index in [-0.39, 0.29) is 0 Å². The zero-order valence-corrected chi connectivity index (χ0v) is 20.6. The Labute approximate surface area is 194 Å². The van der Waals surface area contributed by atoms with E-state index in [0.29, 0.717) is 34.8 Å². The molecule has 0 heterocycles. The highest BCUT2D eigenvalue weighted by atomic mass is 16.3. The van der Waals surface area contributed by atoms with E-state index in [1.54, 1.807) is 0 Å². The van der Waals surface area contributed by atoms with E-state index < -0.39 is 17.7 Å². The summed E-state index contributed by atoms with van der Waals surface area (Å²) in [4.78, 5) is 11.2. The molecule has 32 heavy (non-hydrogen) atoms. The van der Waals surface area contributed by atoms with Gasteiger partial charge in [0.2, 0.25) is 0 Å². The van der Waals surface area contributed by atoms with Crippen LogP contribution in [0.25, 0.3) is 0 Å². The van der Waals surface area contributed by atoms with Gasteiger partial charge in [-0.3, -0.25) is 0 Å². The summed E-state index contributed by atoms with van der Waals surface area (Å²) in [7, 11) is 0. The van der Waals surface area contributed by atoms with Crippen LogP contribution in [0.15, 0.2) is 52.8 Å². The maximum absolute atomic E-state index is 11.2. The molecule has 4 heteroatoms. The van der Waals surface area contributed by atoms with Crippen LogP contribution in [-0.2, 0) is 0 Å². The minimum Gasteiger partial charge on any atom is -0.390 e. The molecular weight excluding hydrogens is 398 g/mol. The molecule has 3 aliphatic rings. The Kier molecular flexibility index (Phi) is 7.66. The van der Waals surface area contributed by atoms with E-state index in [0.717, 1.165) is 30.8 Å². The van der Waals surface area contributed by atoms with E-state index in [2.05, 4.69) is 44.3 Å². The van der Waals surface area contributed by atoms with Crippen LogP contribution in [0.2, 0.25) is 0 Å². The zero-order chi connectivity index (χ0) is 23.7. The van der Waals surface area contributed by atoms with Crippen LogP contribution in [0.4, 0.5) is 0 Å². The highest BCUT2D eigenvalue weighted by Gasteiger charge is 2.50. The van der Waals surface area contributed by atoms with Gasteiger partial charge in [0, 0.05) is 6.42 Å². The molecule has 0 radical (unpaired) electrons. The molecule has 0 aromatic carbocycles. The number of hydrogen-bond donors (Lipinski definition) is 2. The molecule has 0 aromatic heterocycles. The molecule has 0 spiro atoms. The predicted octanol–water partition coefficient (Wildman–Crippen LogP) is 6.64. The lowest BCUT2D eigenvalue weighted by Crippen LogP contribution is -2.36. The molecule has 2 unspecified atom stereocenters.